The summed E-state index contributed by atoms with van der Waals surface area (Å²) in [6.45, 7) is 3.28. The number of amides is 3. The minimum Gasteiger partial charge on any atom is -0.442 e. The van der Waals surface area contributed by atoms with Gasteiger partial charge < -0.3 is 15.8 Å². The van der Waals surface area contributed by atoms with E-state index in [4.69, 9.17) is 10.5 Å². The number of hydrogen-bond acceptors (Lipinski definition) is 5. The number of hydrogen-bond donors (Lipinski definition) is 2. The highest BCUT2D eigenvalue weighted by atomic mass is 19.1. The molecule has 2 atom stereocenters. The quantitative estimate of drug-likeness (QED) is 0.669. The van der Waals surface area contributed by atoms with Gasteiger partial charge in [0, 0.05) is 19.0 Å². The van der Waals surface area contributed by atoms with Gasteiger partial charge in [-0.1, -0.05) is 24.3 Å². The van der Waals surface area contributed by atoms with Gasteiger partial charge in [-0.05, 0) is 48.7 Å². The molecule has 0 spiro atoms. The van der Waals surface area contributed by atoms with Gasteiger partial charge in [-0.3, -0.25) is 19.4 Å². The number of ether oxygens (including phenoxy) is 1. The van der Waals surface area contributed by atoms with Crippen molar-refractivity contribution in [2.75, 3.05) is 24.5 Å². The normalized spacial score (nSPS) is 20.7. The maximum atomic E-state index is 14.9. The SMILES string of the molecule is CC(=O)NCC1CN(c2ccc(-c3ccc(CN4CCCC4C(N)=O)cc3)c(F)c2)C(=O)O1. The molecule has 2 aromatic carbocycles. The molecule has 2 fully saturated rings. The van der Waals surface area contributed by atoms with E-state index >= 15 is 0 Å². The highest BCUT2D eigenvalue weighted by Gasteiger charge is 2.33. The third kappa shape index (κ3) is 5.14. The summed E-state index contributed by atoms with van der Waals surface area (Å²) in [5.41, 5.74) is 8.04. The predicted molar refractivity (Wildman–Crippen MR) is 121 cm³/mol. The van der Waals surface area contributed by atoms with Gasteiger partial charge in [-0.2, -0.15) is 0 Å². The number of nitrogens with one attached hydrogen (secondary N) is 1. The largest absolute Gasteiger partial charge is 0.442 e. The van der Waals surface area contributed by atoms with Gasteiger partial charge in [0.1, 0.15) is 11.9 Å². The average Bonchev–Trinajstić information content (AvgIpc) is 3.39. The molecular weight excluding hydrogens is 427 g/mol. The van der Waals surface area contributed by atoms with E-state index < -0.39 is 18.0 Å². The Labute approximate surface area is 191 Å². The number of rotatable bonds is 7. The van der Waals surface area contributed by atoms with Crippen LogP contribution in [0.25, 0.3) is 11.1 Å². The minimum atomic E-state index is -0.571. The molecule has 0 aliphatic carbocycles. The highest BCUT2D eigenvalue weighted by Crippen LogP contribution is 2.30. The lowest BCUT2D eigenvalue weighted by molar-refractivity contribution is -0.122. The Morgan fingerprint density at radius 2 is 1.97 bits per heavy atom. The zero-order chi connectivity index (χ0) is 23.5. The number of anilines is 1. The minimum absolute atomic E-state index is 0.209. The molecule has 2 heterocycles. The van der Waals surface area contributed by atoms with Crippen LogP contribution in [0.3, 0.4) is 0 Å². The van der Waals surface area contributed by atoms with Crippen LogP contribution in [0, 0.1) is 5.82 Å². The van der Waals surface area contributed by atoms with Gasteiger partial charge >= 0.3 is 6.09 Å². The van der Waals surface area contributed by atoms with Crippen LogP contribution < -0.4 is 16.0 Å². The van der Waals surface area contributed by atoms with E-state index in [1.807, 2.05) is 24.3 Å². The monoisotopic (exact) mass is 454 g/mol. The molecule has 0 aromatic heterocycles. The van der Waals surface area contributed by atoms with Crippen molar-refractivity contribution >= 4 is 23.6 Å². The smallest absolute Gasteiger partial charge is 0.414 e. The molecular formula is C24H27FN4O4. The summed E-state index contributed by atoms with van der Waals surface area (Å²) in [7, 11) is 0. The van der Waals surface area contributed by atoms with Gasteiger partial charge in [-0.15, -0.1) is 0 Å². The summed E-state index contributed by atoms with van der Waals surface area (Å²) in [4.78, 5) is 38.3. The molecule has 4 rings (SSSR count). The van der Waals surface area contributed by atoms with E-state index in [0.717, 1.165) is 24.9 Å². The topological polar surface area (TPSA) is 105 Å². The molecule has 33 heavy (non-hydrogen) atoms. The van der Waals surface area contributed by atoms with E-state index in [1.54, 1.807) is 12.1 Å². The number of nitrogens with zero attached hydrogens (tertiary/aromatic N) is 2. The van der Waals surface area contributed by atoms with Crippen LogP contribution in [0.1, 0.15) is 25.3 Å². The Hall–Kier alpha value is -3.46. The molecule has 0 bridgehead atoms. The number of carbonyl (C=O) groups excluding carboxylic acids is 3. The number of cyclic esters (lactones) is 1. The molecule has 8 nitrogen and oxygen atoms in total. The van der Waals surface area contributed by atoms with Gasteiger partial charge in [0.25, 0.3) is 0 Å². The van der Waals surface area contributed by atoms with Gasteiger partial charge in [0.15, 0.2) is 0 Å². The number of nitrogens with two attached hydrogens (primary N) is 1. The van der Waals surface area contributed by atoms with Crippen molar-refractivity contribution in [2.24, 2.45) is 5.73 Å². The highest BCUT2D eigenvalue weighted by molar-refractivity contribution is 5.90. The molecule has 2 aromatic rings. The van der Waals surface area contributed by atoms with Crippen LogP contribution in [-0.4, -0.2) is 54.6 Å². The second-order valence-corrected chi connectivity index (χ2v) is 8.45. The fourth-order valence-electron chi connectivity index (χ4n) is 4.36. The first kappa shape index (κ1) is 22.7. The van der Waals surface area contributed by atoms with Crippen LogP contribution in [0.15, 0.2) is 42.5 Å². The van der Waals surface area contributed by atoms with Crippen molar-refractivity contribution in [1.29, 1.82) is 0 Å². The summed E-state index contributed by atoms with van der Waals surface area (Å²) in [5.74, 6) is -0.958. The number of carbonyl (C=O) groups is 3. The standard InChI is InChI=1S/C24H27FN4O4/c1-15(30)27-12-19-14-29(24(32)33-19)18-8-9-20(21(25)11-18)17-6-4-16(5-7-17)13-28-10-2-3-22(28)23(26)31/h4-9,11,19,22H,2-3,10,12-14H2,1H3,(H2,26,31)(H,27,30). The third-order valence-electron chi connectivity index (χ3n) is 6.06. The summed E-state index contributed by atoms with van der Waals surface area (Å²) in [6, 6.07) is 11.9. The van der Waals surface area contributed by atoms with Crippen molar-refractivity contribution in [2.45, 2.75) is 38.5 Å². The first-order chi connectivity index (χ1) is 15.8. The first-order valence-corrected chi connectivity index (χ1v) is 11.0. The van der Waals surface area contributed by atoms with Crippen LogP contribution in [0.2, 0.25) is 0 Å². The molecule has 2 unspecified atom stereocenters. The zero-order valence-electron chi connectivity index (χ0n) is 18.4. The van der Waals surface area contributed by atoms with Crippen molar-refractivity contribution in [3.05, 3.63) is 53.8 Å². The maximum Gasteiger partial charge on any atom is 0.414 e. The molecule has 3 N–H and O–H groups in total. The Balaban J connectivity index is 1.43. The average molecular weight is 455 g/mol. The lowest BCUT2D eigenvalue weighted by Gasteiger charge is -2.21. The second-order valence-electron chi connectivity index (χ2n) is 8.45. The Morgan fingerprint density at radius 3 is 2.64 bits per heavy atom. The van der Waals surface area contributed by atoms with E-state index in [0.29, 0.717) is 23.4 Å². The van der Waals surface area contributed by atoms with Gasteiger partial charge in [0.2, 0.25) is 11.8 Å². The fourth-order valence-corrected chi connectivity index (χ4v) is 4.36. The lowest BCUT2D eigenvalue weighted by atomic mass is 10.0. The Bertz CT molecular complexity index is 1060. The first-order valence-electron chi connectivity index (χ1n) is 11.0. The lowest BCUT2D eigenvalue weighted by Crippen LogP contribution is -2.39. The van der Waals surface area contributed by atoms with E-state index in [2.05, 4.69) is 10.2 Å². The van der Waals surface area contributed by atoms with Crippen molar-refractivity contribution in [3.63, 3.8) is 0 Å². The van der Waals surface area contributed by atoms with Crippen molar-refractivity contribution in [1.82, 2.24) is 10.2 Å². The summed E-state index contributed by atoms with van der Waals surface area (Å²) in [6.07, 6.45) is 0.671. The maximum absolute atomic E-state index is 14.9. The van der Waals surface area contributed by atoms with Crippen molar-refractivity contribution in [3.8, 4) is 11.1 Å². The molecule has 2 aliphatic heterocycles. The van der Waals surface area contributed by atoms with E-state index in [1.165, 1.54) is 17.9 Å². The molecule has 3 amide bonds. The molecule has 0 radical (unpaired) electrons. The summed E-state index contributed by atoms with van der Waals surface area (Å²) >= 11 is 0. The van der Waals surface area contributed by atoms with Crippen LogP contribution in [0.5, 0.6) is 0 Å². The number of likely N-dealkylation sites (tertiary alicyclic amines) is 1. The van der Waals surface area contributed by atoms with E-state index in [9.17, 15) is 18.8 Å². The molecule has 2 saturated heterocycles. The van der Waals surface area contributed by atoms with E-state index in [-0.39, 0.29) is 30.9 Å². The van der Waals surface area contributed by atoms with Crippen LogP contribution >= 0.6 is 0 Å². The number of halogens is 1. The molecule has 9 heteroatoms. The Morgan fingerprint density at radius 1 is 1.21 bits per heavy atom. The molecule has 174 valence electrons. The van der Waals surface area contributed by atoms with Crippen LogP contribution in [-0.2, 0) is 20.9 Å². The van der Waals surface area contributed by atoms with Gasteiger partial charge in [-0.25, -0.2) is 9.18 Å². The molecule has 2 aliphatic rings. The predicted octanol–water partition coefficient (Wildman–Crippen LogP) is 2.40. The number of benzene rings is 2. The molecule has 0 saturated carbocycles. The zero-order valence-corrected chi connectivity index (χ0v) is 18.4. The van der Waals surface area contributed by atoms with Gasteiger partial charge in [0.05, 0.1) is 24.8 Å². The second kappa shape index (κ2) is 9.58. The number of primary amides is 1. The van der Waals surface area contributed by atoms with Crippen LogP contribution in [0.4, 0.5) is 14.9 Å². The van der Waals surface area contributed by atoms with Crippen molar-refractivity contribution < 1.29 is 23.5 Å². The third-order valence-corrected chi connectivity index (χ3v) is 6.06. The summed E-state index contributed by atoms with van der Waals surface area (Å²) < 4.78 is 20.2. The summed E-state index contributed by atoms with van der Waals surface area (Å²) in [5, 5.41) is 2.61. The Kier molecular flexibility index (Phi) is 6.60. The fraction of sp³-hybridized carbons (Fsp3) is 0.375.